The zero-order valence-electron chi connectivity index (χ0n) is 10.4. The van der Waals surface area contributed by atoms with Gasteiger partial charge >= 0.3 is 6.36 Å². The van der Waals surface area contributed by atoms with E-state index in [1.54, 1.807) is 24.3 Å². The summed E-state index contributed by atoms with van der Waals surface area (Å²) in [6.07, 6.45) is -4.74. The summed E-state index contributed by atoms with van der Waals surface area (Å²) in [4.78, 5) is 0. The fraction of sp³-hybridized carbons (Fsp3) is 0.0714. The predicted octanol–water partition coefficient (Wildman–Crippen LogP) is 4.96. The van der Waals surface area contributed by atoms with Gasteiger partial charge in [0, 0.05) is 11.4 Å². The number of hydrogen-bond acceptors (Lipinski definition) is 3. The highest BCUT2D eigenvalue weighted by molar-refractivity contribution is 9.10. The van der Waals surface area contributed by atoms with Crippen LogP contribution < -0.4 is 10.1 Å². The quantitative estimate of drug-likeness (QED) is 0.844. The summed E-state index contributed by atoms with van der Waals surface area (Å²) < 4.78 is 40.5. The Morgan fingerprint density at radius 3 is 2.43 bits per heavy atom. The maximum absolute atomic E-state index is 12.2. The zero-order chi connectivity index (χ0) is 15.5. The van der Waals surface area contributed by atoms with Crippen molar-refractivity contribution in [2.45, 2.75) is 6.36 Å². The second-order valence-corrected chi connectivity index (χ2v) is 4.86. The Balaban J connectivity index is 2.18. The molecule has 3 nitrogen and oxygen atoms in total. The molecule has 0 amide bonds. The third-order valence-corrected chi connectivity index (χ3v) is 3.06. The van der Waals surface area contributed by atoms with Gasteiger partial charge < -0.3 is 10.1 Å². The first kappa shape index (κ1) is 15.2. The van der Waals surface area contributed by atoms with Crippen LogP contribution in [-0.4, -0.2) is 6.36 Å². The van der Waals surface area contributed by atoms with Crippen LogP contribution in [0.2, 0.25) is 0 Å². The predicted molar refractivity (Wildman–Crippen MR) is 75.3 cm³/mol. The van der Waals surface area contributed by atoms with Gasteiger partial charge in [0.15, 0.2) is 0 Å². The van der Waals surface area contributed by atoms with Crippen molar-refractivity contribution in [3.8, 4) is 11.8 Å². The number of alkyl halides is 3. The van der Waals surface area contributed by atoms with E-state index in [0.29, 0.717) is 16.9 Å². The SMILES string of the molecule is N#Cc1cccc(Nc2ccc(OC(F)(F)F)c(Br)c2)c1. The summed E-state index contributed by atoms with van der Waals surface area (Å²) in [5, 5.41) is 11.8. The van der Waals surface area contributed by atoms with Gasteiger partial charge in [-0.3, -0.25) is 0 Å². The van der Waals surface area contributed by atoms with Gasteiger partial charge in [-0.2, -0.15) is 5.26 Å². The van der Waals surface area contributed by atoms with Crippen LogP contribution in [0.25, 0.3) is 0 Å². The average molecular weight is 357 g/mol. The molecule has 0 unspecified atom stereocenters. The Morgan fingerprint density at radius 1 is 1.10 bits per heavy atom. The minimum atomic E-state index is -4.74. The molecule has 0 bridgehead atoms. The molecule has 108 valence electrons. The average Bonchev–Trinajstić information content (AvgIpc) is 2.41. The minimum Gasteiger partial charge on any atom is -0.405 e. The van der Waals surface area contributed by atoms with E-state index in [0.717, 1.165) is 0 Å². The molecule has 2 rings (SSSR count). The van der Waals surface area contributed by atoms with Crippen LogP contribution in [0.4, 0.5) is 24.5 Å². The number of halogens is 4. The van der Waals surface area contributed by atoms with E-state index in [9.17, 15) is 13.2 Å². The number of benzene rings is 2. The fourth-order valence-corrected chi connectivity index (χ4v) is 2.08. The molecule has 0 fully saturated rings. The largest absolute Gasteiger partial charge is 0.573 e. The lowest BCUT2D eigenvalue weighted by Crippen LogP contribution is -2.17. The second-order valence-electron chi connectivity index (χ2n) is 4.01. The van der Waals surface area contributed by atoms with Gasteiger partial charge in [-0.25, -0.2) is 0 Å². The maximum atomic E-state index is 12.2. The van der Waals surface area contributed by atoms with Crippen molar-refractivity contribution in [2.24, 2.45) is 0 Å². The molecule has 21 heavy (non-hydrogen) atoms. The summed E-state index contributed by atoms with van der Waals surface area (Å²) >= 11 is 3.02. The first-order chi connectivity index (χ1) is 9.87. The van der Waals surface area contributed by atoms with Crippen LogP contribution in [0.15, 0.2) is 46.9 Å². The monoisotopic (exact) mass is 356 g/mol. The molecule has 0 heterocycles. The van der Waals surface area contributed by atoms with E-state index < -0.39 is 6.36 Å². The van der Waals surface area contributed by atoms with Crippen molar-refractivity contribution in [3.63, 3.8) is 0 Å². The fourth-order valence-electron chi connectivity index (χ4n) is 1.62. The zero-order valence-corrected chi connectivity index (χ0v) is 12.0. The number of ether oxygens (including phenoxy) is 1. The smallest absolute Gasteiger partial charge is 0.405 e. The van der Waals surface area contributed by atoms with E-state index in [-0.39, 0.29) is 10.2 Å². The molecule has 0 aromatic heterocycles. The van der Waals surface area contributed by atoms with Crippen LogP contribution in [0, 0.1) is 11.3 Å². The van der Waals surface area contributed by atoms with Crippen molar-refractivity contribution in [2.75, 3.05) is 5.32 Å². The van der Waals surface area contributed by atoms with Crippen LogP contribution in [-0.2, 0) is 0 Å². The van der Waals surface area contributed by atoms with Crippen molar-refractivity contribution < 1.29 is 17.9 Å². The van der Waals surface area contributed by atoms with E-state index in [4.69, 9.17) is 5.26 Å². The van der Waals surface area contributed by atoms with E-state index >= 15 is 0 Å². The number of nitrogens with one attached hydrogen (secondary N) is 1. The molecule has 0 radical (unpaired) electrons. The Kier molecular flexibility index (Phi) is 4.38. The maximum Gasteiger partial charge on any atom is 0.573 e. The van der Waals surface area contributed by atoms with Gasteiger partial charge in [-0.15, -0.1) is 13.2 Å². The van der Waals surface area contributed by atoms with Crippen LogP contribution >= 0.6 is 15.9 Å². The topological polar surface area (TPSA) is 45.0 Å². The molecule has 0 atom stereocenters. The van der Waals surface area contributed by atoms with Gasteiger partial charge in [0.1, 0.15) is 5.75 Å². The third kappa shape index (κ3) is 4.39. The molecule has 2 aromatic carbocycles. The Hall–Kier alpha value is -2.20. The Morgan fingerprint density at radius 2 is 1.81 bits per heavy atom. The van der Waals surface area contributed by atoms with Crippen molar-refractivity contribution in [3.05, 3.63) is 52.5 Å². The van der Waals surface area contributed by atoms with Crippen LogP contribution in [0.5, 0.6) is 5.75 Å². The normalized spacial score (nSPS) is 10.8. The molecule has 0 aliphatic rings. The van der Waals surface area contributed by atoms with Crippen molar-refractivity contribution in [1.82, 2.24) is 0 Å². The van der Waals surface area contributed by atoms with E-state index in [1.165, 1.54) is 18.2 Å². The molecule has 0 spiro atoms. The lowest BCUT2D eigenvalue weighted by atomic mass is 10.2. The van der Waals surface area contributed by atoms with Crippen LogP contribution in [0.1, 0.15) is 5.56 Å². The van der Waals surface area contributed by atoms with Gasteiger partial charge in [0.2, 0.25) is 0 Å². The summed E-state index contributed by atoms with van der Waals surface area (Å²) in [7, 11) is 0. The van der Waals surface area contributed by atoms with Crippen LogP contribution in [0.3, 0.4) is 0 Å². The summed E-state index contributed by atoms with van der Waals surface area (Å²) in [5.41, 5.74) is 1.70. The summed E-state index contributed by atoms with van der Waals surface area (Å²) in [5.74, 6) is -0.321. The lowest BCUT2D eigenvalue weighted by molar-refractivity contribution is -0.274. The van der Waals surface area contributed by atoms with Gasteiger partial charge in [-0.05, 0) is 52.3 Å². The number of anilines is 2. The summed E-state index contributed by atoms with van der Waals surface area (Å²) in [6.45, 7) is 0. The Bertz CT molecular complexity index is 695. The van der Waals surface area contributed by atoms with Gasteiger partial charge in [-0.1, -0.05) is 6.07 Å². The number of nitrogens with zero attached hydrogens (tertiary/aromatic N) is 1. The minimum absolute atomic E-state index is 0.168. The van der Waals surface area contributed by atoms with Crippen molar-refractivity contribution in [1.29, 1.82) is 5.26 Å². The molecular weight excluding hydrogens is 349 g/mol. The number of hydrogen-bond donors (Lipinski definition) is 1. The second kappa shape index (κ2) is 6.06. The summed E-state index contributed by atoms with van der Waals surface area (Å²) in [6, 6.07) is 12.9. The number of nitriles is 1. The molecule has 2 aromatic rings. The highest BCUT2D eigenvalue weighted by atomic mass is 79.9. The molecule has 0 aliphatic carbocycles. The molecule has 7 heteroatoms. The molecule has 0 aliphatic heterocycles. The first-order valence-corrected chi connectivity index (χ1v) is 6.49. The third-order valence-electron chi connectivity index (χ3n) is 2.44. The molecule has 0 saturated heterocycles. The highest BCUT2D eigenvalue weighted by Crippen LogP contribution is 2.33. The van der Waals surface area contributed by atoms with Gasteiger partial charge in [0.05, 0.1) is 16.1 Å². The molecule has 0 saturated carbocycles. The van der Waals surface area contributed by atoms with E-state index in [2.05, 4.69) is 26.0 Å². The van der Waals surface area contributed by atoms with E-state index in [1.807, 2.05) is 6.07 Å². The molecule has 1 N–H and O–H groups in total. The standard InChI is InChI=1S/C14H8BrF3N2O/c15-12-7-11(4-5-13(12)21-14(16,17)18)20-10-3-1-2-9(6-10)8-19/h1-7,20H. The first-order valence-electron chi connectivity index (χ1n) is 5.70. The lowest BCUT2D eigenvalue weighted by Gasteiger charge is -2.12. The highest BCUT2D eigenvalue weighted by Gasteiger charge is 2.31. The Labute approximate surface area is 127 Å². The van der Waals surface area contributed by atoms with Crippen molar-refractivity contribution >= 4 is 27.3 Å². The number of rotatable bonds is 3. The molecular formula is C14H8BrF3N2O. The van der Waals surface area contributed by atoms with Gasteiger partial charge in [0.25, 0.3) is 0 Å².